The zero-order chi connectivity index (χ0) is 13.5. The molecule has 1 unspecified atom stereocenters. The average molecular weight is 254 g/mol. The molecule has 0 saturated carbocycles. The first kappa shape index (κ1) is 14.4. The van der Waals surface area contributed by atoms with Crippen LogP contribution in [0.15, 0.2) is 18.5 Å². The number of methoxy groups -OCH3 is 1. The molecule has 1 aromatic heterocycles. The standard InChI is InChI=1S/C11H18N4O3/c1-15(6-8(16)7-18-2)11(17)9-5-13-4-3-10(9)14-12/h3-5,8,16H,6-7,12H2,1-2H3,(H,13,14). The molecule has 0 bridgehead atoms. The number of nitrogens with two attached hydrogens (primary N) is 1. The Morgan fingerprint density at radius 3 is 3.06 bits per heavy atom. The maximum Gasteiger partial charge on any atom is 0.257 e. The molecule has 0 aliphatic rings. The van der Waals surface area contributed by atoms with E-state index >= 15 is 0 Å². The van der Waals surface area contributed by atoms with Gasteiger partial charge in [0, 0.05) is 33.1 Å². The van der Waals surface area contributed by atoms with E-state index in [0.29, 0.717) is 11.3 Å². The molecule has 0 radical (unpaired) electrons. The molecule has 7 heteroatoms. The van der Waals surface area contributed by atoms with Gasteiger partial charge in [-0.05, 0) is 6.07 Å². The molecule has 4 N–H and O–H groups in total. The summed E-state index contributed by atoms with van der Waals surface area (Å²) in [5.74, 6) is 5.05. The van der Waals surface area contributed by atoms with E-state index in [-0.39, 0.29) is 19.1 Å². The predicted octanol–water partition coefficient (Wildman–Crippen LogP) is -0.553. The van der Waals surface area contributed by atoms with E-state index in [9.17, 15) is 9.90 Å². The predicted molar refractivity (Wildman–Crippen MR) is 66.9 cm³/mol. The van der Waals surface area contributed by atoms with Crippen LogP contribution in [0, 0.1) is 0 Å². The van der Waals surface area contributed by atoms with Gasteiger partial charge in [0.25, 0.3) is 5.91 Å². The largest absolute Gasteiger partial charge is 0.389 e. The van der Waals surface area contributed by atoms with Gasteiger partial charge in [0.2, 0.25) is 0 Å². The number of aliphatic hydroxyl groups excluding tert-OH is 1. The number of aliphatic hydroxyl groups is 1. The van der Waals surface area contributed by atoms with Gasteiger partial charge < -0.3 is 20.2 Å². The van der Waals surface area contributed by atoms with Crippen molar-refractivity contribution >= 4 is 11.6 Å². The van der Waals surface area contributed by atoms with Gasteiger partial charge in [0.05, 0.1) is 24.0 Å². The Morgan fingerprint density at radius 1 is 1.72 bits per heavy atom. The number of pyridine rings is 1. The Labute approximate surface area is 106 Å². The van der Waals surface area contributed by atoms with Crippen LogP contribution in [-0.2, 0) is 4.74 Å². The van der Waals surface area contributed by atoms with Gasteiger partial charge in [-0.1, -0.05) is 0 Å². The second-order valence-corrected chi connectivity index (χ2v) is 3.86. The molecule has 1 rings (SSSR count). The van der Waals surface area contributed by atoms with E-state index < -0.39 is 6.10 Å². The number of anilines is 1. The van der Waals surface area contributed by atoms with Crippen LogP contribution in [-0.4, -0.2) is 54.3 Å². The fourth-order valence-electron chi connectivity index (χ4n) is 1.54. The summed E-state index contributed by atoms with van der Waals surface area (Å²) in [4.78, 5) is 17.4. The lowest BCUT2D eigenvalue weighted by Gasteiger charge is -2.21. The van der Waals surface area contributed by atoms with Crippen LogP contribution in [0.5, 0.6) is 0 Å². The number of carbonyl (C=O) groups excluding carboxylic acids is 1. The molecule has 7 nitrogen and oxygen atoms in total. The summed E-state index contributed by atoms with van der Waals surface area (Å²) >= 11 is 0. The normalized spacial score (nSPS) is 12.0. The minimum Gasteiger partial charge on any atom is -0.389 e. The summed E-state index contributed by atoms with van der Waals surface area (Å²) < 4.78 is 4.80. The lowest BCUT2D eigenvalue weighted by atomic mass is 10.2. The van der Waals surface area contributed by atoms with Crippen LogP contribution >= 0.6 is 0 Å². The van der Waals surface area contributed by atoms with Gasteiger partial charge in [0.15, 0.2) is 0 Å². The number of hydrogen-bond donors (Lipinski definition) is 3. The Balaban J connectivity index is 2.74. The molecule has 1 aromatic rings. The first-order valence-electron chi connectivity index (χ1n) is 5.43. The summed E-state index contributed by atoms with van der Waals surface area (Å²) in [6.45, 7) is 0.345. The number of rotatable bonds is 6. The van der Waals surface area contributed by atoms with E-state index in [4.69, 9.17) is 10.6 Å². The van der Waals surface area contributed by atoms with Gasteiger partial charge in [-0.2, -0.15) is 0 Å². The molecule has 0 aliphatic heterocycles. The van der Waals surface area contributed by atoms with Crippen molar-refractivity contribution in [3.8, 4) is 0 Å². The number of hydrazine groups is 1. The van der Waals surface area contributed by atoms with E-state index in [2.05, 4.69) is 10.4 Å². The maximum absolute atomic E-state index is 12.1. The van der Waals surface area contributed by atoms with Crippen molar-refractivity contribution in [2.45, 2.75) is 6.10 Å². The Bertz CT molecular complexity index is 400. The van der Waals surface area contributed by atoms with Crippen molar-refractivity contribution in [2.75, 3.05) is 32.7 Å². The highest BCUT2D eigenvalue weighted by molar-refractivity contribution is 5.99. The van der Waals surface area contributed by atoms with Crippen LogP contribution in [0.2, 0.25) is 0 Å². The Kier molecular flexibility index (Phi) is 5.50. The lowest BCUT2D eigenvalue weighted by Crippen LogP contribution is -2.36. The molecule has 1 atom stereocenters. The zero-order valence-corrected chi connectivity index (χ0v) is 10.5. The summed E-state index contributed by atoms with van der Waals surface area (Å²) in [6.07, 6.45) is 2.23. The van der Waals surface area contributed by atoms with E-state index in [0.717, 1.165) is 0 Å². The van der Waals surface area contributed by atoms with Crippen LogP contribution < -0.4 is 11.3 Å². The number of nitrogen functional groups attached to an aromatic ring is 1. The van der Waals surface area contributed by atoms with Crippen molar-refractivity contribution in [2.24, 2.45) is 5.84 Å². The van der Waals surface area contributed by atoms with Crippen molar-refractivity contribution in [3.63, 3.8) is 0 Å². The highest BCUT2D eigenvalue weighted by Gasteiger charge is 2.18. The lowest BCUT2D eigenvalue weighted by molar-refractivity contribution is 0.0380. The van der Waals surface area contributed by atoms with Gasteiger partial charge in [-0.15, -0.1) is 0 Å². The smallest absolute Gasteiger partial charge is 0.257 e. The molecule has 1 amide bonds. The van der Waals surface area contributed by atoms with Crippen molar-refractivity contribution in [1.82, 2.24) is 9.88 Å². The highest BCUT2D eigenvalue weighted by Crippen LogP contribution is 2.14. The molecular formula is C11H18N4O3. The molecular weight excluding hydrogens is 236 g/mol. The SMILES string of the molecule is COCC(O)CN(C)C(=O)c1cnccc1NN. The molecule has 0 spiro atoms. The summed E-state index contributed by atoms with van der Waals surface area (Å²) in [5, 5.41) is 9.57. The minimum atomic E-state index is -0.727. The summed E-state index contributed by atoms with van der Waals surface area (Å²) in [6, 6.07) is 1.60. The van der Waals surface area contributed by atoms with Crippen molar-refractivity contribution < 1.29 is 14.6 Å². The maximum atomic E-state index is 12.1. The second-order valence-electron chi connectivity index (χ2n) is 3.86. The van der Waals surface area contributed by atoms with E-state index in [1.807, 2.05) is 0 Å². The summed E-state index contributed by atoms with van der Waals surface area (Å²) in [5.41, 5.74) is 3.28. The number of nitrogens with one attached hydrogen (secondary N) is 1. The van der Waals surface area contributed by atoms with Gasteiger partial charge in [-0.3, -0.25) is 15.6 Å². The second kappa shape index (κ2) is 6.90. The van der Waals surface area contributed by atoms with Crippen molar-refractivity contribution in [1.29, 1.82) is 0 Å². The van der Waals surface area contributed by atoms with Gasteiger partial charge >= 0.3 is 0 Å². The summed E-state index contributed by atoms with van der Waals surface area (Å²) in [7, 11) is 3.08. The Morgan fingerprint density at radius 2 is 2.44 bits per heavy atom. The topological polar surface area (TPSA) is 101 Å². The zero-order valence-electron chi connectivity index (χ0n) is 10.5. The number of aromatic nitrogens is 1. The first-order valence-corrected chi connectivity index (χ1v) is 5.43. The number of ether oxygens (including phenoxy) is 1. The molecule has 1 heterocycles. The van der Waals surface area contributed by atoms with Gasteiger partial charge in [0.1, 0.15) is 0 Å². The number of amides is 1. The number of carbonyl (C=O) groups is 1. The number of likely N-dealkylation sites (N-methyl/N-ethyl adjacent to an activating group) is 1. The van der Waals surface area contributed by atoms with Crippen LogP contribution in [0.3, 0.4) is 0 Å². The molecule has 0 saturated heterocycles. The monoisotopic (exact) mass is 254 g/mol. The minimum absolute atomic E-state index is 0.172. The van der Waals surface area contributed by atoms with Gasteiger partial charge in [-0.25, -0.2) is 0 Å². The third-order valence-corrected chi connectivity index (χ3v) is 2.40. The van der Waals surface area contributed by atoms with Crippen LogP contribution in [0.1, 0.15) is 10.4 Å². The fraction of sp³-hybridized carbons (Fsp3) is 0.455. The van der Waals surface area contributed by atoms with Crippen molar-refractivity contribution in [3.05, 3.63) is 24.0 Å². The first-order chi connectivity index (χ1) is 8.60. The molecule has 18 heavy (non-hydrogen) atoms. The highest BCUT2D eigenvalue weighted by atomic mass is 16.5. The third kappa shape index (κ3) is 3.66. The quantitative estimate of drug-likeness (QED) is 0.465. The fourth-order valence-corrected chi connectivity index (χ4v) is 1.54. The molecule has 0 aliphatic carbocycles. The number of hydrogen-bond acceptors (Lipinski definition) is 6. The van der Waals surface area contributed by atoms with Crippen LogP contribution in [0.4, 0.5) is 5.69 Å². The van der Waals surface area contributed by atoms with E-state index in [1.165, 1.54) is 24.4 Å². The van der Waals surface area contributed by atoms with Crippen LogP contribution in [0.25, 0.3) is 0 Å². The molecule has 100 valence electrons. The molecule has 0 fully saturated rings. The third-order valence-electron chi connectivity index (χ3n) is 2.40. The average Bonchev–Trinajstić information content (AvgIpc) is 2.38. The Hall–Kier alpha value is -1.70. The number of nitrogens with zero attached hydrogens (tertiary/aromatic N) is 2. The molecule has 0 aromatic carbocycles. The van der Waals surface area contributed by atoms with E-state index in [1.54, 1.807) is 13.1 Å².